The molecule has 4 N–H and O–H groups in total. The summed E-state index contributed by atoms with van der Waals surface area (Å²) in [5.74, 6) is -2.06. The third kappa shape index (κ3) is 5.41. The fourth-order valence-corrected chi connectivity index (χ4v) is 6.02. The first-order valence-electron chi connectivity index (χ1n) is 11.2. The van der Waals surface area contributed by atoms with Gasteiger partial charge in [-0.05, 0) is 12.1 Å². The van der Waals surface area contributed by atoms with Crippen LogP contribution in [0.25, 0.3) is 42.2 Å². The van der Waals surface area contributed by atoms with Crippen molar-refractivity contribution in [3.63, 3.8) is 0 Å². The second-order valence-corrected chi connectivity index (χ2v) is 10.9. The largest absolute Gasteiger partial charge is 0.418 e. The Hall–Kier alpha value is -3.74. The fraction of sp³-hybridized carbons (Fsp3) is 0.182. The van der Waals surface area contributed by atoms with Crippen LogP contribution in [0.3, 0.4) is 0 Å². The van der Waals surface area contributed by atoms with Gasteiger partial charge in [-0.1, -0.05) is 22.7 Å². The Morgan fingerprint density at radius 1 is 0.929 bits per heavy atom. The molecule has 0 aliphatic rings. The van der Waals surface area contributed by atoms with E-state index < -0.39 is 41.2 Å². The van der Waals surface area contributed by atoms with Gasteiger partial charge in [-0.3, -0.25) is 14.7 Å². The lowest BCUT2D eigenvalue weighted by Gasteiger charge is -2.08. The number of H-pyrrole nitrogens is 1. The lowest BCUT2D eigenvalue weighted by molar-refractivity contribution is -0.137. The molecular weight excluding hydrogens is 657 g/mol. The number of amides is 1. The van der Waals surface area contributed by atoms with Crippen LogP contribution in [-0.2, 0) is 17.1 Å². The molecule has 4 aromatic heterocycles. The van der Waals surface area contributed by atoms with Gasteiger partial charge in [-0.15, -0.1) is 23.2 Å². The maximum atomic E-state index is 13.4. The van der Waals surface area contributed by atoms with Crippen molar-refractivity contribution >= 4 is 110 Å². The molecule has 0 radical (unpaired) electrons. The summed E-state index contributed by atoms with van der Waals surface area (Å²) in [7, 11) is 0. The lowest BCUT2D eigenvalue weighted by atomic mass is 10.1. The van der Waals surface area contributed by atoms with Crippen LogP contribution in [0.4, 0.5) is 36.6 Å². The van der Waals surface area contributed by atoms with Crippen molar-refractivity contribution < 1.29 is 35.9 Å². The fourth-order valence-electron chi connectivity index (χ4n) is 3.96. The Bertz CT molecular complexity index is 2000. The molecule has 4 heterocycles. The Morgan fingerprint density at radius 2 is 1.57 bits per heavy atom. The molecule has 42 heavy (non-hydrogen) atoms. The van der Waals surface area contributed by atoms with E-state index in [0.717, 1.165) is 39.5 Å². The summed E-state index contributed by atoms with van der Waals surface area (Å²) >= 11 is 12.7. The number of alkyl halides is 8. The van der Waals surface area contributed by atoms with Gasteiger partial charge < -0.3 is 11.1 Å². The minimum atomic E-state index is -4.71. The number of nitrogens with one attached hydrogen (secondary N) is 2. The van der Waals surface area contributed by atoms with Crippen LogP contribution in [0.15, 0.2) is 24.5 Å². The second kappa shape index (κ2) is 10.8. The molecule has 0 atom stereocenters. The molecule has 6 rings (SSSR count). The van der Waals surface area contributed by atoms with Crippen LogP contribution in [0, 0.1) is 0 Å². The first-order chi connectivity index (χ1) is 19.7. The number of rotatable bonds is 3. The number of nitrogen functional groups attached to an aromatic ring is 1. The molecule has 10 nitrogen and oxygen atoms in total. The Morgan fingerprint density at radius 3 is 2.21 bits per heavy atom. The molecule has 0 aliphatic heterocycles. The van der Waals surface area contributed by atoms with Crippen molar-refractivity contribution in [2.24, 2.45) is 0 Å². The predicted molar refractivity (Wildman–Crippen MR) is 147 cm³/mol. The Kier molecular flexibility index (Phi) is 7.67. The highest BCUT2D eigenvalue weighted by atomic mass is 35.5. The van der Waals surface area contributed by atoms with E-state index in [9.17, 15) is 35.9 Å². The van der Waals surface area contributed by atoms with Crippen molar-refractivity contribution in [1.82, 2.24) is 29.9 Å². The van der Waals surface area contributed by atoms with Crippen molar-refractivity contribution in [3.8, 4) is 0 Å². The number of halogens is 8. The number of nitrogens with two attached hydrogens (primary N) is 1. The number of thiazole rings is 2. The van der Waals surface area contributed by atoms with E-state index in [1.165, 1.54) is 12.4 Å². The van der Waals surface area contributed by atoms with E-state index in [1.54, 1.807) is 0 Å². The van der Waals surface area contributed by atoms with Crippen molar-refractivity contribution in [3.05, 3.63) is 35.7 Å². The summed E-state index contributed by atoms with van der Waals surface area (Å²) in [6, 6.07) is 1.80. The molecule has 0 aliphatic carbocycles. The topological polar surface area (TPSA) is 144 Å². The predicted octanol–water partition coefficient (Wildman–Crippen LogP) is 6.49. The maximum absolute atomic E-state index is 13.4. The number of hydrogen-bond donors (Lipinski definition) is 3. The number of nitrogens with zero attached hydrogens (tertiary/aromatic N) is 5. The van der Waals surface area contributed by atoms with E-state index >= 15 is 0 Å². The van der Waals surface area contributed by atoms with Crippen LogP contribution < -0.4 is 11.1 Å². The van der Waals surface area contributed by atoms with Gasteiger partial charge in [0, 0.05) is 10.8 Å². The molecule has 0 spiro atoms. The van der Waals surface area contributed by atoms with Gasteiger partial charge in [0.15, 0.2) is 10.3 Å². The van der Waals surface area contributed by atoms with Gasteiger partial charge in [0.2, 0.25) is 5.91 Å². The number of carbonyl (C=O) groups is 2. The number of fused-ring (bicyclic) bond motifs is 6. The smallest absolute Gasteiger partial charge is 0.375 e. The number of aromatic amines is 1. The number of hydrogen-bond acceptors (Lipinski definition) is 9. The zero-order valence-electron chi connectivity index (χ0n) is 20.2. The van der Waals surface area contributed by atoms with Gasteiger partial charge in [-0.2, -0.15) is 41.2 Å². The average Bonchev–Trinajstić information content (AvgIpc) is 3.69. The molecule has 6 aromatic rings. The standard InChI is InChI=1S/C13H7Cl2F3N4O2S.C9H5F3N4S/c14-2-8(23)20-12-21-10-6(13(16,17)18)1-7-5(11(10)25-12)4-19-22(7)9(24)3-15;10-9(11,12)4-1-5-3(2-14-16-5)7-6(4)15-8(13)17-7/h1,4H,2-3H2,(H,20,21,23);1-2H,(H2,13,15)(H,14,16). The van der Waals surface area contributed by atoms with E-state index in [1.807, 2.05) is 0 Å². The van der Waals surface area contributed by atoms with Crippen LogP contribution in [0.1, 0.15) is 15.9 Å². The van der Waals surface area contributed by atoms with Crippen LogP contribution in [-0.4, -0.2) is 53.5 Å². The van der Waals surface area contributed by atoms with Gasteiger partial charge in [0.1, 0.15) is 11.8 Å². The second-order valence-electron chi connectivity index (χ2n) is 8.30. The molecule has 0 unspecified atom stereocenters. The molecule has 2 aromatic carbocycles. The maximum Gasteiger partial charge on any atom is 0.418 e. The first kappa shape index (κ1) is 29.7. The summed E-state index contributed by atoms with van der Waals surface area (Å²) in [4.78, 5) is 30.7. The summed E-state index contributed by atoms with van der Waals surface area (Å²) in [5.41, 5.74) is 3.47. The van der Waals surface area contributed by atoms with E-state index in [0.29, 0.717) is 21.0 Å². The molecule has 220 valence electrons. The zero-order chi connectivity index (χ0) is 30.6. The molecule has 0 fully saturated rings. The molecule has 0 saturated carbocycles. The number of anilines is 2. The first-order valence-corrected chi connectivity index (χ1v) is 13.9. The highest BCUT2D eigenvalue weighted by Crippen LogP contribution is 2.42. The summed E-state index contributed by atoms with van der Waals surface area (Å²) in [6.45, 7) is 0. The summed E-state index contributed by atoms with van der Waals surface area (Å²) < 4.78 is 80.2. The molecular formula is C22H12Cl2F6N8O2S2. The summed E-state index contributed by atoms with van der Waals surface area (Å²) in [6.07, 6.45) is -6.45. The van der Waals surface area contributed by atoms with E-state index in [4.69, 9.17) is 28.9 Å². The molecule has 0 bridgehead atoms. The third-order valence-corrected chi connectivity index (χ3v) is 8.04. The SMILES string of the molecule is Nc1nc2c(C(F)(F)F)cc3[nH]ncc3c2s1.O=C(CCl)Nc1nc2c(C(F)(F)F)cc3c(cnn3C(=O)CCl)c2s1. The lowest BCUT2D eigenvalue weighted by Crippen LogP contribution is -2.14. The van der Waals surface area contributed by atoms with Gasteiger partial charge in [0.25, 0.3) is 5.91 Å². The van der Waals surface area contributed by atoms with Crippen molar-refractivity contribution in [2.45, 2.75) is 12.4 Å². The van der Waals surface area contributed by atoms with Crippen LogP contribution in [0.2, 0.25) is 0 Å². The highest BCUT2D eigenvalue weighted by molar-refractivity contribution is 7.23. The Labute approximate surface area is 246 Å². The number of benzene rings is 2. The van der Waals surface area contributed by atoms with Gasteiger partial charge in [-0.25, -0.2) is 9.97 Å². The van der Waals surface area contributed by atoms with Gasteiger partial charge >= 0.3 is 12.4 Å². The van der Waals surface area contributed by atoms with Gasteiger partial charge in [0.05, 0.1) is 55.0 Å². The normalized spacial score (nSPS) is 12.3. The third-order valence-electron chi connectivity index (χ3n) is 5.64. The van der Waals surface area contributed by atoms with E-state index in [2.05, 4.69) is 30.6 Å². The Balaban J connectivity index is 0.000000180. The summed E-state index contributed by atoms with van der Waals surface area (Å²) in [5, 5.41) is 13.4. The highest BCUT2D eigenvalue weighted by Gasteiger charge is 2.36. The average molecular weight is 669 g/mol. The molecule has 20 heteroatoms. The van der Waals surface area contributed by atoms with Crippen molar-refractivity contribution in [1.29, 1.82) is 0 Å². The van der Waals surface area contributed by atoms with E-state index in [-0.39, 0.29) is 37.4 Å². The van der Waals surface area contributed by atoms with Crippen LogP contribution >= 0.6 is 45.9 Å². The number of aromatic nitrogens is 6. The molecule has 0 saturated heterocycles. The quantitative estimate of drug-likeness (QED) is 0.144. The minimum Gasteiger partial charge on any atom is -0.375 e. The molecule has 1 amide bonds. The zero-order valence-corrected chi connectivity index (χ0v) is 23.3. The van der Waals surface area contributed by atoms with Crippen molar-refractivity contribution in [2.75, 3.05) is 22.8 Å². The van der Waals surface area contributed by atoms with Crippen LogP contribution in [0.5, 0.6) is 0 Å². The minimum absolute atomic E-state index is 0.0323. The monoisotopic (exact) mass is 668 g/mol. The number of carbonyl (C=O) groups excluding carboxylic acids is 2.